The molecule has 0 atom stereocenters. The molecule has 0 fully saturated rings. The number of anilines is 6. The predicted octanol–water partition coefficient (Wildman–Crippen LogP) is 17.1. The average molecular weight is 795 g/mol. The van der Waals surface area contributed by atoms with Gasteiger partial charge in [0.15, 0.2) is 0 Å². The third kappa shape index (κ3) is 7.67. The third-order valence-electron chi connectivity index (χ3n) is 11.9. The van der Waals surface area contributed by atoms with Crippen molar-refractivity contribution in [3.05, 3.63) is 254 Å². The van der Waals surface area contributed by atoms with Crippen LogP contribution in [-0.4, -0.2) is 0 Å². The van der Waals surface area contributed by atoms with Gasteiger partial charge in [-0.05, 0) is 147 Å². The van der Waals surface area contributed by atoms with Crippen molar-refractivity contribution in [3.8, 4) is 44.5 Å². The SMILES string of the molecule is Cc1ccccc1N(c1ccc(-c2ccc(-c3ccccc3)cc2)cc1)c1ccc(-c2ccc(N(c3ccccc3)c3ccc(-c4cccc5ccccc45)cc3C)cc2)cc1. The van der Waals surface area contributed by atoms with Crippen LogP contribution in [0.2, 0.25) is 0 Å². The second-order valence-electron chi connectivity index (χ2n) is 15.9. The first-order valence-corrected chi connectivity index (χ1v) is 21.3. The number of nitrogens with zero attached hydrogens (tertiary/aromatic N) is 2. The molecule has 2 nitrogen and oxygen atoms in total. The van der Waals surface area contributed by atoms with E-state index < -0.39 is 0 Å². The Kier molecular flexibility index (Phi) is 10.5. The number of fused-ring (bicyclic) bond motifs is 1. The van der Waals surface area contributed by atoms with Crippen LogP contribution >= 0.6 is 0 Å². The minimum absolute atomic E-state index is 1.11. The van der Waals surface area contributed by atoms with Crippen molar-refractivity contribution in [2.24, 2.45) is 0 Å². The first-order valence-electron chi connectivity index (χ1n) is 21.3. The maximum atomic E-state index is 2.36. The van der Waals surface area contributed by atoms with Crippen molar-refractivity contribution in [2.45, 2.75) is 13.8 Å². The molecule has 0 aliphatic rings. The molecule has 10 aromatic carbocycles. The predicted molar refractivity (Wildman–Crippen MR) is 265 cm³/mol. The number of rotatable bonds is 10. The Labute approximate surface area is 365 Å². The minimum atomic E-state index is 1.11. The summed E-state index contributed by atoms with van der Waals surface area (Å²) in [6.07, 6.45) is 0. The molecule has 10 aromatic rings. The lowest BCUT2D eigenvalue weighted by molar-refractivity contribution is 1.25. The molecule has 0 aliphatic carbocycles. The molecule has 0 N–H and O–H groups in total. The van der Waals surface area contributed by atoms with Gasteiger partial charge < -0.3 is 9.80 Å². The van der Waals surface area contributed by atoms with Gasteiger partial charge in [-0.25, -0.2) is 0 Å². The van der Waals surface area contributed by atoms with Crippen molar-refractivity contribution in [1.82, 2.24) is 0 Å². The molecule has 0 aliphatic heterocycles. The number of aryl methyl sites for hydroxylation is 2. The number of benzene rings is 10. The molecule has 10 rings (SSSR count). The maximum absolute atomic E-state index is 2.36. The zero-order chi connectivity index (χ0) is 41.8. The van der Waals surface area contributed by atoms with E-state index in [0.29, 0.717) is 0 Å². The van der Waals surface area contributed by atoms with Crippen LogP contribution in [0, 0.1) is 13.8 Å². The van der Waals surface area contributed by atoms with Crippen molar-refractivity contribution < 1.29 is 0 Å². The summed E-state index contributed by atoms with van der Waals surface area (Å²) in [5.41, 5.74) is 18.8. The van der Waals surface area contributed by atoms with Gasteiger partial charge in [0.1, 0.15) is 0 Å². The summed E-state index contributed by atoms with van der Waals surface area (Å²) >= 11 is 0. The smallest absolute Gasteiger partial charge is 0.0491 e. The van der Waals surface area contributed by atoms with E-state index in [1.807, 2.05) is 0 Å². The average Bonchev–Trinajstić information content (AvgIpc) is 3.34. The second kappa shape index (κ2) is 17.0. The quantitative estimate of drug-likeness (QED) is 0.136. The van der Waals surface area contributed by atoms with E-state index >= 15 is 0 Å². The Hall–Kier alpha value is -7.94. The molecule has 0 saturated carbocycles. The molecule has 62 heavy (non-hydrogen) atoms. The van der Waals surface area contributed by atoms with Gasteiger partial charge in [0.2, 0.25) is 0 Å². The van der Waals surface area contributed by atoms with Crippen LogP contribution in [0.4, 0.5) is 34.1 Å². The fourth-order valence-corrected chi connectivity index (χ4v) is 8.69. The molecule has 0 saturated heterocycles. The molecule has 0 amide bonds. The molecule has 0 radical (unpaired) electrons. The lowest BCUT2D eigenvalue weighted by atomic mass is 9.96. The lowest BCUT2D eigenvalue weighted by Gasteiger charge is -2.28. The molecule has 0 aromatic heterocycles. The Balaban J connectivity index is 0.932. The van der Waals surface area contributed by atoms with Crippen LogP contribution in [-0.2, 0) is 0 Å². The highest BCUT2D eigenvalue weighted by atomic mass is 15.1. The Bertz CT molecular complexity index is 3090. The van der Waals surface area contributed by atoms with Crippen LogP contribution in [0.15, 0.2) is 243 Å². The fourth-order valence-electron chi connectivity index (χ4n) is 8.69. The molecule has 0 unspecified atom stereocenters. The summed E-state index contributed by atoms with van der Waals surface area (Å²) in [7, 11) is 0. The van der Waals surface area contributed by atoms with Crippen LogP contribution in [0.5, 0.6) is 0 Å². The van der Waals surface area contributed by atoms with E-state index in [4.69, 9.17) is 0 Å². The van der Waals surface area contributed by atoms with Gasteiger partial charge in [-0.2, -0.15) is 0 Å². The summed E-state index contributed by atoms with van der Waals surface area (Å²) in [4.78, 5) is 4.72. The maximum Gasteiger partial charge on any atom is 0.0491 e. The zero-order valence-corrected chi connectivity index (χ0v) is 35.0. The molecule has 0 heterocycles. The van der Waals surface area contributed by atoms with E-state index in [1.165, 1.54) is 66.4 Å². The molecule has 0 bridgehead atoms. The van der Waals surface area contributed by atoms with E-state index in [2.05, 4.69) is 266 Å². The van der Waals surface area contributed by atoms with Gasteiger partial charge in [-0.3, -0.25) is 0 Å². The van der Waals surface area contributed by atoms with Crippen LogP contribution in [0.25, 0.3) is 55.3 Å². The molecule has 0 spiro atoms. The van der Waals surface area contributed by atoms with Crippen molar-refractivity contribution in [3.63, 3.8) is 0 Å². The van der Waals surface area contributed by atoms with Crippen LogP contribution in [0.1, 0.15) is 11.1 Å². The number of hydrogen-bond acceptors (Lipinski definition) is 2. The third-order valence-corrected chi connectivity index (χ3v) is 11.9. The normalized spacial score (nSPS) is 11.1. The lowest BCUT2D eigenvalue weighted by Crippen LogP contribution is -2.11. The zero-order valence-electron chi connectivity index (χ0n) is 35.0. The van der Waals surface area contributed by atoms with E-state index in [-0.39, 0.29) is 0 Å². The van der Waals surface area contributed by atoms with E-state index in [1.54, 1.807) is 0 Å². The highest BCUT2D eigenvalue weighted by molar-refractivity contribution is 5.97. The Morgan fingerprint density at radius 1 is 0.258 bits per heavy atom. The highest BCUT2D eigenvalue weighted by Gasteiger charge is 2.18. The Morgan fingerprint density at radius 3 is 1.18 bits per heavy atom. The monoisotopic (exact) mass is 794 g/mol. The summed E-state index contributed by atoms with van der Waals surface area (Å²) in [6.45, 7) is 4.40. The van der Waals surface area contributed by atoms with E-state index in [0.717, 1.165) is 34.1 Å². The summed E-state index contributed by atoms with van der Waals surface area (Å²) in [6, 6.07) is 87.5. The van der Waals surface area contributed by atoms with Crippen molar-refractivity contribution in [1.29, 1.82) is 0 Å². The number of hydrogen-bond donors (Lipinski definition) is 0. The first kappa shape index (κ1) is 38.3. The second-order valence-corrected chi connectivity index (χ2v) is 15.9. The van der Waals surface area contributed by atoms with Crippen molar-refractivity contribution >= 4 is 44.9 Å². The highest BCUT2D eigenvalue weighted by Crippen LogP contribution is 2.41. The molecule has 296 valence electrons. The minimum Gasteiger partial charge on any atom is -0.310 e. The van der Waals surface area contributed by atoms with Crippen LogP contribution < -0.4 is 9.80 Å². The summed E-state index contributed by atoms with van der Waals surface area (Å²) in [5.74, 6) is 0. The van der Waals surface area contributed by atoms with E-state index in [9.17, 15) is 0 Å². The molecule has 2 heteroatoms. The van der Waals surface area contributed by atoms with Gasteiger partial charge in [-0.1, -0.05) is 176 Å². The fraction of sp³-hybridized carbons (Fsp3) is 0.0333. The largest absolute Gasteiger partial charge is 0.310 e. The summed E-state index contributed by atoms with van der Waals surface area (Å²) in [5, 5.41) is 2.52. The standard InChI is InChI=1S/C60H46N2/c1-43-14-9-12-23-59(43)62(55-37-28-48(29-38-55)47-26-24-46(25-27-47)45-15-5-3-6-16-45)56-39-32-50(33-40-56)49-30-35-54(36-31-49)61(53-19-7-4-8-20-53)60-41-34-52(42-44(60)2)58-22-13-18-51-17-10-11-21-57(51)58/h3-42H,1-2H3. The Morgan fingerprint density at radius 2 is 0.645 bits per heavy atom. The molecular weight excluding hydrogens is 749 g/mol. The first-order chi connectivity index (χ1) is 30.6. The van der Waals surface area contributed by atoms with Gasteiger partial charge in [-0.15, -0.1) is 0 Å². The molecular formula is C60H46N2. The number of para-hydroxylation sites is 2. The van der Waals surface area contributed by atoms with Gasteiger partial charge in [0, 0.05) is 34.1 Å². The topological polar surface area (TPSA) is 6.48 Å². The van der Waals surface area contributed by atoms with Gasteiger partial charge in [0.05, 0.1) is 0 Å². The summed E-state index contributed by atoms with van der Waals surface area (Å²) < 4.78 is 0. The van der Waals surface area contributed by atoms with Gasteiger partial charge >= 0.3 is 0 Å². The van der Waals surface area contributed by atoms with Crippen molar-refractivity contribution in [2.75, 3.05) is 9.80 Å². The van der Waals surface area contributed by atoms with Crippen LogP contribution in [0.3, 0.4) is 0 Å². The van der Waals surface area contributed by atoms with Gasteiger partial charge in [0.25, 0.3) is 0 Å².